The molecule has 4 aromatic rings. The van der Waals surface area contributed by atoms with Gasteiger partial charge in [0, 0.05) is 17.7 Å². The van der Waals surface area contributed by atoms with Crippen molar-refractivity contribution >= 4 is 11.7 Å². The van der Waals surface area contributed by atoms with E-state index in [1.165, 1.54) is 0 Å². The zero-order valence-corrected chi connectivity index (χ0v) is 15.4. The highest BCUT2D eigenvalue weighted by atomic mass is 16.5. The first kappa shape index (κ1) is 17.5. The molecule has 7 nitrogen and oxygen atoms in total. The van der Waals surface area contributed by atoms with Crippen LogP contribution in [0, 0.1) is 6.92 Å². The molecule has 0 unspecified atom stereocenters. The number of hydrogen-bond donors (Lipinski definition) is 1. The van der Waals surface area contributed by atoms with Crippen molar-refractivity contribution in [1.82, 2.24) is 14.9 Å². The van der Waals surface area contributed by atoms with Gasteiger partial charge in [0.15, 0.2) is 0 Å². The van der Waals surface area contributed by atoms with Crippen LogP contribution in [0.15, 0.2) is 71.3 Å². The normalized spacial score (nSPS) is 10.6. The van der Waals surface area contributed by atoms with Crippen molar-refractivity contribution in [3.05, 3.63) is 78.2 Å². The number of aryl methyl sites for hydroxylation is 1. The molecule has 1 N–H and O–H groups in total. The predicted octanol–water partition coefficient (Wildman–Crippen LogP) is 4.10. The number of rotatable bonds is 5. The van der Waals surface area contributed by atoms with Crippen LogP contribution in [-0.4, -0.2) is 28.0 Å². The second-order valence-electron chi connectivity index (χ2n) is 6.18. The van der Waals surface area contributed by atoms with Crippen molar-refractivity contribution in [3.63, 3.8) is 0 Å². The summed E-state index contributed by atoms with van der Waals surface area (Å²) >= 11 is 0. The van der Waals surface area contributed by atoms with Gasteiger partial charge in [-0.25, -0.2) is 4.68 Å². The van der Waals surface area contributed by atoms with Gasteiger partial charge in [0.1, 0.15) is 17.3 Å². The van der Waals surface area contributed by atoms with E-state index in [9.17, 15) is 4.79 Å². The van der Waals surface area contributed by atoms with Crippen LogP contribution in [-0.2, 0) is 0 Å². The first-order chi connectivity index (χ1) is 13.6. The van der Waals surface area contributed by atoms with Gasteiger partial charge in [-0.1, -0.05) is 35.5 Å². The Hall–Kier alpha value is -3.87. The molecule has 0 atom stereocenters. The Morgan fingerprint density at radius 2 is 1.89 bits per heavy atom. The quantitative estimate of drug-likeness (QED) is 0.569. The molecule has 0 fully saturated rings. The molecule has 2 heterocycles. The summed E-state index contributed by atoms with van der Waals surface area (Å²) in [6.07, 6.45) is 0. The molecular formula is C21H18N4O3. The van der Waals surface area contributed by atoms with Gasteiger partial charge >= 0.3 is 0 Å². The molecule has 0 aliphatic heterocycles. The molecule has 140 valence electrons. The fourth-order valence-electron chi connectivity index (χ4n) is 2.83. The van der Waals surface area contributed by atoms with E-state index in [4.69, 9.17) is 9.26 Å². The van der Waals surface area contributed by atoms with Gasteiger partial charge in [-0.2, -0.15) is 5.10 Å². The number of benzene rings is 2. The number of hydrogen-bond acceptors (Lipinski definition) is 5. The van der Waals surface area contributed by atoms with Crippen LogP contribution in [0.3, 0.4) is 0 Å². The van der Waals surface area contributed by atoms with E-state index in [1.807, 2.05) is 61.5 Å². The van der Waals surface area contributed by atoms with Crippen molar-refractivity contribution < 1.29 is 14.1 Å². The number of carbonyl (C=O) groups excluding carboxylic acids is 1. The number of aromatic nitrogens is 3. The Kier molecular flexibility index (Phi) is 4.63. The minimum atomic E-state index is -0.404. The molecular weight excluding hydrogens is 356 g/mol. The minimum absolute atomic E-state index is 0.108. The molecule has 0 bridgehead atoms. The SMILES string of the molecule is COc1cccc(-c2cc(C(=O)Nc3cc(C)nn3-c3ccccc3)on2)c1. The van der Waals surface area contributed by atoms with Gasteiger partial charge in [0.05, 0.1) is 18.5 Å². The largest absolute Gasteiger partial charge is 0.497 e. The van der Waals surface area contributed by atoms with E-state index in [0.29, 0.717) is 17.3 Å². The van der Waals surface area contributed by atoms with Crippen molar-refractivity contribution in [2.24, 2.45) is 0 Å². The van der Waals surface area contributed by atoms with Crippen LogP contribution in [0.4, 0.5) is 5.82 Å². The lowest BCUT2D eigenvalue weighted by atomic mass is 10.1. The summed E-state index contributed by atoms with van der Waals surface area (Å²) in [6, 6.07) is 20.4. The van der Waals surface area contributed by atoms with Crippen LogP contribution in [0.5, 0.6) is 5.75 Å². The number of carbonyl (C=O) groups is 1. The molecule has 0 spiro atoms. The monoisotopic (exact) mass is 374 g/mol. The van der Waals surface area contributed by atoms with Crippen LogP contribution in [0.1, 0.15) is 16.2 Å². The maximum absolute atomic E-state index is 12.7. The van der Waals surface area contributed by atoms with Crippen LogP contribution in [0.2, 0.25) is 0 Å². The van der Waals surface area contributed by atoms with Gasteiger partial charge in [0.2, 0.25) is 5.76 Å². The first-order valence-electron chi connectivity index (χ1n) is 8.68. The average molecular weight is 374 g/mol. The Bertz CT molecular complexity index is 1120. The van der Waals surface area contributed by atoms with Gasteiger partial charge in [-0.05, 0) is 31.2 Å². The zero-order valence-electron chi connectivity index (χ0n) is 15.4. The van der Waals surface area contributed by atoms with Crippen molar-refractivity contribution in [2.75, 3.05) is 12.4 Å². The highest BCUT2D eigenvalue weighted by molar-refractivity contribution is 6.02. The molecule has 7 heteroatoms. The standard InChI is InChI=1S/C21H18N4O3/c1-14-11-20(25(23-14)16-8-4-3-5-9-16)22-21(26)19-13-18(24-28-19)15-7-6-10-17(12-15)27-2/h3-13H,1-2H3,(H,22,26). The number of anilines is 1. The zero-order chi connectivity index (χ0) is 19.5. The minimum Gasteiger partial charge on any atom is -0.497 e. The van der Waals surface area contributed by atoms with Crippen molar-refractivity contribution in [3.8, 4) is 22.7 Å². The Labute approximate surface area is 161 Å². The lowest BCUT2D eigenvalue weighted by molar-refractivity contribution is 0.0987. The predicted molar refractivity (Wildman–Crippen MR) is 105 cm³/mol. The molecule has 2 aromatic carbocycles. The second kappa shape index (κ2) is 7.40. The molecule has 0 saturated carbocycles. The molecule has 0 aliphatic carbocycles. The smallest absolute Gasteiger partial charge is 0.295 e. The summed E-state index contributed by atoms with van der Waals surface area (Å²) in [5, 5.41) is 11.3. The van der Waals surface area contributed by atoms with Gasteiger partial charge in [-0.15, -0.1) is 0 Å². The van der Waals surface area contributed by atoms with E-state index >= 15 is 0 Å². The molecule has 1 amide bonds. The van der Waals surface area contributed by atoms with Crippen molar-refractivity contribution in [1.29, 1.82) is 0 Å². The summed E-state index contributed by atoms with van der Waals surface area (Å²) in [6.45, 7) is 1.87. The number of amides is 1. The molecule has 28 heavy (non-hydrogen) atoms. The maximum atomic E-state index is 12.7. The summed E-state index contributed by atoms with van der Waals surface area (Å²) in [4.78, 5) is 12.7. The van der Waals surface area contributed by atoms with E-state index in [0.717, 1.165) is 16.9 Å². The van der Waals surface area contributed by atoms with E-state index < -0.39 is 5.91 Å². The maximum Gasteiger partial charge on any atom is 0.295 e. The summed E-state index contributed by atoms with van der Waals surface area (Å²) in [7, 11) is 1.60. The summed E-state index contributed by atoms with van der Waals surface area (Å²) in [5.41, 5.74) is 2.98. The third-order valence-electron chi connectivity index (χ3n) is 4.17. The van der Waals surface area contributed by atoms with Crippen LogP contribution in [0.25, 0.3) is 16.9 Å². The fourth-order valence-corrected chi connectivity index (χ4v) is 2.83. The Morgan fingerprint density at radius 1 is 1.07 bits per heavy atom. The van der Waals surface area contributed by atoms with Crippen LogP contribution >= 0.6 is 0 Å². The Balaban J connectivity index is 1.58. The van der Waals surface area contributed by atoms with Crippen LogP contribution < -0.4 is 10.1 Å². The molecule has 2 aromatic heterocycles. The highest BCUT2D eigenvalue weighted by Gasteiger charge is 2.17. The topological polar surface area (TPSA) is 82.2 Å². The third kappa shape index (κ3) is 3.50. The number of para-hydroxylation sites is 1. The third-order valence-corrected chi connectivity index (χ3v) is 4.17. The van der Waals surface area contributed by atoms with Crippen molar-refractivity contribution in [2.45, 2.75) is 6.92 Å². The number of nitrogens with zero attached hydrogens (tertiary/aromatic N) is 3. The number of nitrogens with one attached hydrogen (secondary N) is 1. The first-order valence-corrected chi connectivity index (χ1v) is 8.68. The average Bonchev–Trinajstić information content (AvgIpc) is 3.36. The molecule has 0 radical (unpaired) electrons. The van der Waals surface area contributed by atoms with E-state index in [2.05, 4.69) is 15.6 Å². The summed E-state index contributed by atoms with van der Waals surface area (Å²) in [5.74, 6) is 0.955. The molecule has 0 aliphatic rings. The van der Waals surface area contributed by atoms with Gasteiger partial charge in [-0.3, -0.25) is 4.79 Å². The fraction of sp³-hybridized carbons (Fsp3) is 0.0952. The van der Waals surface area contributed by atoms with E-state index in [-0.39, 0.29) is 5.76 Å². The lowest BCUT2D eigenvalue weighted by Gasteiger charge is -2.07. The second-order valence-corrected chi connectivity index (χ2v) is 6.18. The number of ether oxygens (including phenoxy) is 1. The van der Waals surface area contributed by atoms with Gasteiger partial charge < -0.3 is 14.6 Å². The van der Waals surface area contributed by atoms with E-state index in [1.54, 1.807) is 23.9 Å². The Morgan fingerprint density at radius 3 is 2.68 bits per heavy atom. The number of methoxy groups -OCH3 is 1. The van der Waals surface area contributed by atoms with Gasteiger partial charge in [0.25, 0.3) is 5.91 Å². The lowest BCUT2D eigenvalue weighted by Crippen LogP contribution is -2.14. The highest BCUT2D eigenvalue weighted by Crippen LogP contribution is 2.24. The summed E-state index contributed by atoms with van der Waals surface area (Å²) < 4.78 is 12.1. The molecule has 0 saturated heterocycles. The molecule has 4 rings (SSSR count).